The van der Waals surface area contributed by atoms with Crippen LogP contribution >= 0.6 is 11.6 Å². The highest BCUT2D eigenvalue weighted by molar-refractivity contribution is 6.32. The first-order chi connectivity index (χ1) is 11.4. The van der Waals surface area contributed by atoms with Crippen LogP contribution in [0.2, 0.25) is 5.02 Å². The Morgan fingerprint density at radius 2 is 2.00 bits per heavy atom. The second-order valence-corrected chi connectivity index (χ2v) is 5.00. The topological polar surface area (TPSA) is 103 Å². The summed E-state index contributed by atoms with van der Waals surface area (Å²) >= 11 is 6.17. The van der Waals surface area contributed by atoms with Gasteiger partial charge >= 0.3 is 12.0 Å². The van der Waals surface area contributed by atoms with Crippen molar-refractivity contribution in [3.8, 4) is 11.5 Å². The standard InChI is InChI=1S/C15H15ClN2O6/c1-3-23-11-6-8(5-10-14(20)18-15(21)17-10)4-9(16)13(11)24-7-12(19)22-2/h4-6H,3,7H2,1-2H3,(H2,17,18,20,21)/b10-5-. The predicted octanol–water partition coefficient (Wildman–Crippen LogP) is 1.47. The highest BCUT2D eigenvalue weighted by Crippen LogP contribution is 2.37. The molecule has 0 aliphatic carbocycles. The number of carbonyl (C=O) groups is 3. The van der Waals surface area contributed by atoms with Gasteiger partial charge in [0.1, 0.15) is 5.70 Å². The Balaban J connectivity index is 2.32. The molecule has 1 aliphatic heterocycles. The van der Waals surface area contributed by atoms with Crippen molar-refractivity contribution in [3.63, 3.8) is 0 Å². The third-order valence-electron chi connectivity index (χ3n) is 2.92. The van der Waals surface area contributed by atoms with Crippen LogP contribution < -0.4 is 20.1 Å². The highest BCUT2D eigenvalue weighted by atomic mass is 35.5. The van der Waals surface area contributed by atoms with Crippen molar-refractivity contribution in [2.24, 2.45) is 0 Å². The first kappa shape index (κ1) is 17.6. The third-order valence-corrected chi connectivity index (χ3v) is 3.21. The zero-order valence-electron chi connectivity index (χ0n) is 13.0. The maximum Gasteiger partial charge on any atom is 0.343 e. The van der Waals surface area contributed by atoms with Crippen LogP contribution in [0.15, 0.2) is 17.8 Å². The molecule has 2 N–H and O–H groups in total. The molecule has 3 amide bonds. The van der Waals surface area contributed by atoms with E-state index < -0.39 is 17.9 Å². The Kier molecular flexibility index (Phi) is 5.64. The van der Waals surface area contributed by atoms with Crippen LogP contribution in [0.25, 0.3) is 6.08 Å². The van der Waals surface area contributed by atoms with Gasteiger partial charge in [-0.2, -0.15) is 0 Å². The minimum absolute atomic E-state index is 0.0849. The summed E-state index contributed by atoms with van der Waals surface area (Å²) in [5.74, 6) is -0.624. The quantitative estimate of drug-likeness (QED) is 0.455. The van der Waals surface area contributed by atoms with Gasteiger partial charge in [-0.25, -0.2) is 9.59 Å². The van der Waals surface area contributed by atoms with E-state index in [9.17, 15) is 14.4 Å². The number of methoxy groups -OCH3 is 1. The van der Waals surface area contributed by atoms with E-state index in [0.29, 0.717) is 17.9 Å². The highest BCUT2D eigenvalue weighted by Gasteiger charge is 2.23. The molecule has 1 heterocycles. The lowest BCUT2D eigenvalue weighted by Crippen LogP contribution is -2.22. The van der Waals surface area contributed by atoms with E-state index in [4.69, 9.17) is 21.1 Å². The summed E-state index contributed by atoms with van der Waals surface area (Å²) in [5, 5.41) is 4.65. The van der Waals surface area contributed by atoms with Gasteiger partial charge in [-0.05, 0) is 30.7 Å². The van der Waals surface area contributed by atoms with Gasteiger partial charge in [-0.1, -0.05) is 11.6 Å². The summed E-state index contributed by atoms with van der Waals surface area (Å²) in [6, 6.07) is 2.49. The van der Waals surface area contributed by atoms with Crippen LogP contribution in [0.4, 0.5) is 4.79 Å². The van der Waals surface area contributed by atoms with E-state index in [0.717, 1.165) is 0 Å². The van der Waals surface area contributed by atoms with E-state index >= 15 is 0 Å². The Bertz CT molecular complexity index is 716. The van der Waals surface area contributed by atoms with Crippen molar-refractivity contribution in [1.82, 2.24) is 10.6 Å². The van der Waals surface area contributed by atoms with Gasteiger partial charge in [0, 0.05) is 0 Å². The molecule has 0 radical (unpaired) electrons. The Labute approximate surface area is 142 Å². The van der Waals surface area contributed by atoms with Crippen molar-refractivity contribution in [2.75, 3.05) is 20.3 Å². The maximum absolute atomic E-state index is 11.6. The van der Waals surface area contributed by atoms with Crippen LogP contribution in [0.1, 0.15) is 12.5 Å². The van der Waals surface area contributed by atoms with Crippen molar-refractivity contribution >= 4 is 35.6 Å². The number of benzene rings is 1. The summed E-state index contributed by atoms with van der Waals surface area (Å²) in [6.07, 6.45) is 1.44. The lowest BCUT2D eigenvalue weighted by molar-refractivity contribution is -0.142. The molecule has 0 bridgehead atoms. The van der Waals surface area contributed by atoms with Crippen LogP contribution in [-0.4, -0.2) is 38.2 Å². The van der Waals surface area contributed by atoms with Crippen molar-refractivity contribution in [2.45, 2.75) is 6.92 Å². The average molecular weight is 355 g/mol. The number of hydrogen-bond donors (Lipinski definition) is 2. The molecule has 1 saturated heterocycles. The number of urea groups is 1. The summed E-state index contributed by atoms with van der Waals surface area (Å²) in [4.78, 5) is 33.9. The number of hydrogen-bond acceptors (Lipinski definition) is 6. The molecule has 1 aromatic carbocycles. The van der Waals surface area contributed by atoms with E-state index in [1.807, 2.05) is 0 Å². The van der Waals surface area contributed by atoms with Crippen LogP contribution in [0.3, 0.4) is 0 Å². The largest absolute Gasteiger partial charge is 0.490 e. The molecule has 0 spiro atoms. The summed E-state index contributed by atoms with van der Waals surface area (Å²) in [5.41, 5.74) is 0.600. The molecule has 0 saturated carbocycles. The second kappa shape index (κ2) is 7.69. The normalized spacial score (nSPS) is 15.0. The number of esters is 1. The van der Waals surface area contributed by atoms with Gasteiger partial charge in [-0.3, -0.25) is 10.1 Å². The van der Waals surface area contributed by atoms with Gasteiger partial charge in [-0.15, -0.1) is 0 Å². The van der Waals surface area contributed by atoms with E-state index in [1.54, 1.807) is 13.0 Å². The number of halogens is 1. The zero-order valence-corrected chi connectivity index (χ0v) is 13.7. The Morgan fingerprint density at radius 1 is 1.25 bits per heavy atom. The molecule has 1 aliphatic rings. The average Bonchev–Trinajstić information content (AvgIpc) is 2.84. The number of carbonyl (C=O) groups excluding carboxylic acids is 3. The zero-order chi connectivity index (χ0) is 17.7. The van der Waals surface area contributed by atoms with Crippen molar-refractivity contribution in [1.29, 1.82) is 0 Å². The minimum Gasteiger partial charge on any atom is -0.490 e. The molecular weight excluding hydrogens is 340 g/mol. The van der Waals surface area contributed by atoms with Gasteiger partial charge < -0.3 is 19.5 Å². The van der Waals surface area contributed by atoms with Gasteiger partial charge in [0.2, 0.25) is 0 Å². The molecule has 1 aromatic rings. The second-order valence-electron chi connectivity index (χ2n) is 4.59. The predicted molar refractivity (Wildman–Crippen MR) is 84.8 cm³/mol. The summed E-state index contributed by atoms with van der Waals surface area (Å²) in [6.45, 7) is 1.78. The monoisotopic (exact) mass is 354 g/mol. The molecule has 0 atom stereocenters. The van der Waals surface area contributed by atoms with Crippen LogP contribution in [0.5, 0.6) is 11.5 Å². The summed E-state index contributed by atoms with van der Waals surface area (Å²) < 4.78 is 15.3. The van der Waals surface area contributed by atoms with Gasteiger partial charge in [0.25, 0.3) is 5.91 Å². The molecular formula is C15H15ClN2O6. The number of nitrogens with one attached hydrogen (secondary N) is 2. The molecule has 0 aromatic heterocycles. The van der Waals surface area contributed by atoms with E-state index in [-0.39, 0.29) is 23.1 Å². The Hall–Kier alpha value is -2.74. The third kappa shape index (κ3) is 4.17. The first-order valence-electron chi connectivity index (χ1n) is 6.94. The van der Waals surface area contributed by atoms with Crippen molar-refractivity contribution in [3.05, 3.63) is 28.4 Å². The Morgan fingerprint density at radius 3 is 2.58 bits per heavy atom. The number of rotatable bonds is 6. The fourth-order valence-electron chi connectivity index (χ4n) is 1.91. The molecule has 2 rings (SSSR count). The first-order valence-corrected chi connectivity index (χ1v) is 7.32. The number of imide groups is 1. The minimum atomic E-state index is -0.597. The van der Waals surface area contributed by atoms with Gasteiger partial charge in [0.15, 0.2) is 18.1 Å². The molecule has 8 nitrogen and oxygen atoms in total. The summed E-state index contributed by atoms with van der Waals surface area (Å²) in [7, 11) is 1.24. The molecule has 128 valence electrons. The van der Waals surface area contributed by atoms with Crippen LogP contribution in [0, 0.1) is 0 Å². The maximum atomic E-state index is 11.6. The van der Waals surface area contributed by atoms with Gasteiger partial charge in [0.05, 0.1) is 18.7 Å². The smallest absolute Gasteiger partial charge is 0.343 e. The molecule has 9 heteroatoms. The number of ether oxygens (including phenoxy) is 3. The lowest BCUT2D eigenvalue weighted by atomic mass is 10.1. The number of amides is 3. The van der Waals surface area contributed by atoms with E-state index in [1.165, 1.54) is 19.3 Å². The van der Waals surface area contributed by atoms with Crippen LogP contribution in [-0.2, 0) is 14.3 Å². The van der Waals surface area contributed by atoms with E-state index in [2.05, 4.69) is 15.4 Å². The SMILES string of the molecule is CCOc1cc(/C=C2\NC(=O)NC2=O)cc(Cl)c1OCC(=O)OC. The lowest BCUT2D eigenvalue weighted by Gasteiger charge is -2.14. The fraction of sp³-hybridized carbons (Fsp3) is 0.267. The fourth-order valence-corrected chi connectivity index (χ4v) is 2.19. The molecule has 1 fully saturated rings. The van der Waals surface area contributed by atoms with Crippen molar-refractivity contribution < 1.29 is 28.6 Å². The molecule has 0 unspecified atom stereocenters. The molecule has 24 heavy (non-hydrogen) atoms.